The van der Waals surface area contributed by atoms with Crippen LogP contribution >= 0.6 is 0 Å². The molecule has 1 saturated carbocycles. The number of rotatable bonds is 3. The minimum Gasteiger partial charge on any atom is -0.340 e. The maximum absolute atomic E-state index is 13.2. The van der Waals surface area contributed by atoms with Gasteiger partial charge in [0.05, 0.1) is 17.6 Å². The summed E-state index contributed by atoms with van der Waals surface area (Å²) >= 11 is 0. The molecule has 1 aromatic carbocycles. The van der Waals surface area contributed by atoms with E-state index in [-0.39, 0.29) is 17.9 Å². The van der Waals surface area contributed by atoms with Crippen molar-refractivity contribution in [3.63, 3.8) is 0 Å². The molecule has 2 aromatic rings. The van der Waals surface area contributed by atoms with Crippen molar-refractivity contribution in [2.24, 2.45) is 0 Å². The molecule has 1 aromatic heterocycles. The number of fused-ring (bicyclic) bond motifs is 1. The molecule has 1 fully saturated rings. The summed E-state index contributed by atoms with van der Waals surface area (Å²) in [7, 11) is 1.74. The first-order valence-corrected chi connectivity index (χ1v) is 7.77. The zero-order valence-electron chi connectivity index (χ0n) is 12.7. The summed E-state index contributed by atoms with van der Waals surface area (Å²) in [5.74, 6) is 0.355. The van der Waals surface area contributed by atoms with E-state index in [2.05, 4.69) is 15.3 Å². The van der Waals surface area contributed by atoms with Gasteiger partial charge in [0.25, 0.3) is 0 Å². The van der Waals surface area contributed by atoms with E-state index in [9.17, 15) is 9.18 Å². The van der Waals surface area contributed by atoms with Gasteiger partial charge in [0.2, 0.25) is 0 Å². The molecule has 0 spiro atoms. The van der Waals surface area contributed by atoms with Crippen LogP contribution in [0.1, 0.15) is 37.9 Å². The summed E-state index contributed by atoms with van der Waals surface area (Å²) < 4.78 is 13.2. The molecule has 3 rings (SSSR count). The standard InChI is InChI=1S/C16H21FN4O/c1-21(16(22)18-12-5-3-2-4-6-12)10-15-19-13-8-7-11(17)9-14(13)20-15/h7-9,12H,2-6,10H2,1H3,(H,18,22)(H,19,20). The number of urea groups is 1. The molecule has 1 aliphatic carbocycles. The average Bonchev–Trinajstić information content (AvgIpc) is 2.89. The van der Waals surface area contributed by atoms with Crippen LogP contribution in [0.2, 0.25) is 0 Å². The number of hydrogen-bond acceptors (Lipinski definition) is 2. The minimum atomic E-state index is -0.300. The van der Waals surface area contributed by atoms with Crippen LogP contribution in [-0.4, -0.2) is 34.0 Å². The van der Waals surface area contributed by atoms with Gasteiger partial charge >= 0.3 is 6.03 Å². The summed E-state index contributed by atoms with van der Waals surface area (Å²) in [6.07, 6.45) is 5.75. The van der Waals surface area contributed by atoms with Gasteiger partial charge in [0, 0.05) is 13.1 Å². The van der Waals surface area contributed by atoms with Gasteiger partial charge in [-0.15, -0.1) is 0 Å². The van der Waals surface area contributed by atoms with E-state index in [0.29, 0.717) is 23.4 Å². The summed E-state index contributed by atoms with van der Waals surface area (Å²) in [4.78, 5) is 21.2. The van der Waals surface area contributed by atoms with Gasteiger partial charge in [-0.2, -0.15) is 0 Å². The third-order valence-corrected chi connectivity index (χ3v) is 4.16. The van der Waals surface area contributed by atoms with Gasteiger partial charge in [-0.25, -0.2) is 14.2 Å². The monoisotopic (exact) mass is 304 g/mol. The Labute approximate surface area is 128 Å². The molecular weight excluding hydrogens is 283 g/mol. The summed E-state index contributed by atoms with van der Waals surface area (Å²) in [6, 6.07) is 4.62. The Balaban J connectivity index is 1.61. The Morgan fingerprint density at radius 3 is 2.95 bits per heavy atom. The van der Waals surface area contributed by atoms with Gasteiger partial charge in [0.15, 0.2) is 0 Å². The van der Waals surface area contributed by atoms with Crippen LogP contribution in [0.3, 0.4) is 0 Å². The van der Waals surface area contributed by atoms with Crippen LogP contribution in [0.15, 0.2) is 18.2 Å². The normalized spacial score (nSPS) is 15.9. The van der Waals surface area contributed by atoms with Crippen molar-refractivity contribution in [2.45, 2.75) is 44.7 Å². The molecule has 0 aliphatic heterocycles. The van der Waals surface area contributed by atoms with Gasteiger partial charge in [-0.1, -0.05) is 19.3 Å². The van der Waals surface area contributed by atoms with Crippen molar-refractivity contribution in [2.75, 3.05) is 7.05 Å². The lowest BCUT2D eigenvalue weighted by atomic mass is 9.96. The molecule has 6 heteroatoms. The highest BCUT2D eigenvalue weighted by molar-refractivity contribution is 5.76. The fourth-order valence-electron chi connectivity index (χ4n) is 2.94. The number of H-pyrrole nitrogens is 1. The second-order valence-corrected chi connectivity index (χ2v) is 5.99. The van der Waals surface area contributed by atoms with E-state index in [0.717, 1.165) is 12.8 Å². The van der Waals surface area contributed by atoms with Gasteiger partial charge in [-0.05, 0) is 31.0 Å². The Morgan fingerprint density at radius 2 is 2.18 bits per heavy atom. The van der Waals surface area contributed by atoms with E-state index in [4.69, 9.17) is 0 Å². The van der Waals surface area contributed by atoms with Crippen LogP contribution in [0.25, 0.3) is 11.0 Å². The fourth-order valence-corrected chi connectivity index (χ4v) is 2.94. The van der Waals surface area contributed by atoms with Crippen LogP contribution in [0.4, 0.5) is 9.18 Å². The Morgan fingerprint density at radius 1 is 1.41 bits per heavy atom. The molecular formula is C16H21FN4O. The smallest absolute Gasteiger partial charge is 0.317 e. The van der Waals surface area contributed by atoms with E-state index in [1.165, 1.54) is 31.4 Å². The molecule has 0 unspecified atom stereocenters. The van der Waals surface area contributed by atoms with E-state index in [1.807, 2.05) is 0 Å². The van der Waals surface area contributed by atoms with Crippen LogP contribution in [0, 0.1) is 5.82 Å². The maximum Gasteiger partial charge on any atom is 0.317 e. The van der Waals surface area contributed by atoms with Crippen LogP contribution in [0.5, 0.6) is 0 Å². The fraction of sp³-hybridized carbons (Fsp3) is 0.500. The Kier molecular flexibility index (Phi) is 4.27. The highest BCUT2D eigenvalue weighted by atomic mass is 19.1. The molecule has 1 heterocycles. The number of imidazole rings is 1. The minimum absolute atomic E-state index is 0.0847. The largest absolute Gasteiger partial charge is 0.340 e. The number of aromatic amines is 1. The molecule has 0 bridgehead atoms. The van der Waals surface area contributed by atoms with E-state index in [1.54, 1.807) is 18.0 Å². The summed E-state index contributed by atoms with van der Waals surface area (Å²) in [5.41, 5.74) is 1.36. The Bertz CT molecular complexity index is 663. The SMILES string of the molecule is CN(Cc1nc2ccc(F)cc2[nH]1)C(=O)NC1CCCCC1. The number of nitrogens with zero attached hydrogens (tertiary/aromatic N) is 2. The highest BCUT2D eigenvalue weighted by Crippen LogP contribution is 2.18. The van der Waals surface area contributed by atoms with E-state index < -0.39 is 0 Å². The third kappa shape index (κ3) is 3.37. The first-order chi connectivity index (χ1) is 10.6. The first-order valence-electron chi connectivity index (χ1n) is 7.77. The molecule has 0 radical (unpaired) electrons. The highest BCUT2D eigenvalue weighted by Gasteiger charge is 2.18. The molecule has 22 heavy (non-hydrogen) atoms. The predicted octanol–water partition coefficient (Wildman–Crippen LogP) is 3.18. The molecule has 1 aliphatic rings. The molecule has 0 atom stereocenters. The maximum atomic E-state index is 13.2. The zero-order valence-corrected chi connectivity index (χ0v) is 12.7. The average molecular weight is 304 g/mol. The molecule has 5 nitrogen and oxygen atoms in total. The summed E-state index contributed by atoms with van der Waals surface area (Å²) in [5, 5.41) is 3.07. The lowest BCUT2D eigenvalue weighted by Gasteiger charge is -2.25. The van der Waals surface area contributed by atoms with Crippen LogP contribution in [-0.2, 0) is 6.54 Å². The molecule has 118 valence electrons. The number of amides is 2. The zero-order chi connectivity index (χ0) is 15.5. The number of hydrogen-bond donors (Lipinski definition) is 2. The van der Waals surface area contributed by atoms with Gasteiger partial charge in [-0.3, -0.25) is 0 Å². The Hall–Kier alpha value is -2.11. The second-order valence-electron chi connectivity index (χ2n) is 5.99. The molecule has 2 N–H and O–H groups in total. The summed E-state index contributed by atoms with van der Waals surface area (Å²) in [6.45, 7) is 0.370. The second kappa shape index (κ2) is 6.34. The molecule has 2 amide bonds. The number of carbonyl (C=O) groups excluding carboxylic acids is 1. The first kappa shape index (κ1) is 14.8. The number of nitrogens with one attached hydrogen (secondary N) is 2. The topological polar surface area (TPSA) is 61.0 Å². The van der Waals surface area contributed by atoms with Gasteiger partial charge in [0.1, 0.15) is 11.6 Å². The van der Waals surface area contributed by atoms with E-state index >= 15 is 0 Å². The van der Waals surface area contributed by atoms with Crippen molar-refractivity contribution >= 4 is 17.1 Å². The lowest BCUT2D eigenvalue weighted by Crippen LogP contribution is -2.43. The van der Waals surface area contributed by atoms with Crippen molar-refractivity contribution in [1.82, 2.24) is 20.2 Å². The quantitative estimate of drug-likeness (QED) is 0.915. The van der Waals surface area contributed by atoms with Gasteiger partial charge < -0.3 is 15.2 Å². The van der Waals surface area contributed by atoms with Crippen molar-refractivity contribution < 1.29 is 9.18 Å². The predicted molar refractivity (Wildman–Crippen MR) is 82.9 cm³/mol. The van der Waals surface area contributed by atoms with Crippen molar-refractivity contribution in [3.05, 3.63) is 29.8 Å². The number of aromatic nitrogens is 2. The number of carbonyl (C=O) groups is 1. The molecule has 0 saturated heterocycles. The number of halogens is 1. The van der Waals surface area contributed by atoms with Crippen molar-refractivity contribution in [3.8, 4) is 0 Å². The van der Waals surface area contributed by atoms with Crippen molar-refractivity contribution in [1.29, 1.82) is 0 Å². The van der Waals surface area contributed by atoms with Crippen LogP contribution < -0.4 is 5.32 Å². The lowest BCUT2D eigenvalue weighted by molar-refractivity contribution is 0.197. The number of benzene rings is 1. The third-order valence-electron chi connectivity index (χ3n) is 4.16.